The maximum atomic E-state index is 12.7. The number of nitrogens with one attached hydrogen (secondary N) is 1. The molecule has 1 aromatic rings. The van der Waals surface area contributed by atoms with Crippen LogP contribution >= 0.6 is 0 Å². The molecule has 120 valence electrons. The minimum atomic E-state index is -0.520. The van der Waals surface area contributed by atoms with Gasteiger partial charge in [-0.15, -0.1) is 0 Å². The van der Waals surface area contributed by atoms with Crippen molar-refractivity contribution < 1.29 is 9.59 Å². The number of pyridine rings is 1. The number of hydrogen-bond acceptors (Lipinski definition) is 5. The Morgan fingerprint density at radius 1 is 1.41 bits per heavy atom. The topological polar surface area (TPSA) is 91.6 Å². The fourth-order valence-electron chi connectivity index (χ4n) is 2.66. The zero-order valence-corrected chi connectivity index (χ0v) is 13.2. The van der Waals surface area contributed by atoms with Crippen molar-refractivity contribution in [2.45, 2.75) is 25.9 Å². The lowest BCUT2D eigenvalue weighted by atomic mass is 10.1. The molecule has 7 nitrogen and oxygen atoms in total. The summed E-state index contributed by atoms with van der Waals surface area (Å²) < 4.78 is 0. The van der Waals surface area contributed by atoms with Crippen molar-refractivity contribution in [2.24, 2.45) is 0 Å². The summed E-state index contributed by atoms with van der Waals surface area (Å²) in [6, 6.07) is 3.12. The van der Waals surface area contributed by atoms with Gasteiger partial charge in [0.1, 0.15) is 11.9 Å². The molecule has 1 saturated heterocycles. The maximum Gasteiger partial charge on any atom is 0.258 e. The van der Waals surface area contributed by atoms with Gasteiger partial charge in [0, 0.05) is 38.9 Å². The van der Waals surface area contributed by atoms with E-state index in [1.54, 1.807) is 30.3 Å². The van der Waals surface area contributed by atoms with Crippen molar-refractivity contribution in [3.63, 3.8) is 0 Å². The van der Waals surface area contributed by atoms with E-state index >= 15 is 0 Å². The number of piperazine rings is 1. The third-order valence-corrected chi connectivity index (χ3v) is 4.02. The molecular formula is C15H23N5O2. The second-order valence-corrected chi connectivity index (χ2v) is 5.65. The Hall–Kier alpha value is -2.15. The Balaban J connectivity index is 2.26. The molecule has 22 heavy (non-hydrogen) atoms. The van der Waals surface area contributed by atoms with Crippen molar-refractivity contribution in [2.75, 3.05) is 32.4 Å². The van der Waals surface area contributed by atoms with Crippen LogP contribution in [0.1, 0.15) is 24.2 Å². The molecule has 1 atom stereocenters. The van der Waals surface area contributed by atoms with Gasteiger partial charge in [-0.2, -0.15) is 0 Å². The highest BCUT2D eigenvalue weighted by atomic mass is 16.2. The van der Waals surface area contributed by atoms with Crippen LogP contribution < -0.4 is 11.1 Å². The number of anilines is 1. The molecule has 0 bridgehead atoms. The van der Waals surface area contributed by atoms with E-state index in [2.05, 4.69) is 29.0 Å². The average Bonchev–Trinajstić information content (AvgIpc) is 2.53. The van der Waals surface area contributed by atoms with Crippen molar-refractivity contribution >= 4 is 17.6 Å². The lowest BCUT2D eigenvalue weighted by molar-refractivity contribution is -0.127. The number of amides is 2. The van der Waals surface area contributed by atoms with Gasteiger partial charge in [-0.25, -0.2) is 4.98 Å². The summed E-state index contributed by atoms with van der Waals surface area (Å²) in [7, 11) is 1.58. The van der Waals surface area contributed by atoms with E-state index in [4.69, 9.17) is 5.73 Å². The Morgan fingerprint density at radius 3 is 2.73 bits per heavy atom. The van der Waals surface area contributed by atoms with Gasteiger partial charge in [-0.05, 0) is 26.0 Å². The molecule has 2 rings (SSSR count). The Morgan fingerprint density at radius 2 is 2.14 bits per heavy atom. The van der Waals surface area contributed by atoms with Crippen molar-refractivity contribution in [3.05, 3.63) is 23.9 Å². The lowest BCUT2D eigenvalue weighted by Crippen LogP contribution is -2.61. The molecule has 1 aromatic heterocycles. The van der Waals surface area contributed by atoms with Crippen LogP contribution in [-0.2, 0) is 4.79 Å². The van der Waals surface area contributed by atoms with Gasteiger partial charge in [0.2, 0.25) is 5.91 Å². The molecule has 1 fully saturated rings. The molecule has 1 aliphatic rings. The molecular weight excluding hydrogens is 282 g/mol. The van der Waals surface area contributed by atoms with E-state index in [0.717, 1.165) is 6.54 Å². The molecule has 0 spiro atoms. The Bertz CT molecular complexity index is 561. The van der Waals surface area contributed by atoms with Crippen molar-refractivity contribution in [3.8, 4) is 0 Å². The lowest BCUT2D eigenvalue weighted by Gasteiger charge is -2.42. The molecule has 2 amide bonds. The van der Waals surface area contributed by atoms with E-state index in [9.17, 15) is 9.59 Å². The fraction of sp³-hybridized carbons (Fsp3) is 0.533. The second kappa shape index (κ2) is 6.74. The molecule has 0 aromatic carbocycles. The smallest absolute Gasteiger partial charge is 0.258 e. The summed E-state index contributed by atoms with van der Waals surface area (Å²) in [6.45, 7) is 5.90. The maximum absolute atomic E-state index is 12.7. The number of carbonyl (C=O) groups excluding carboxylic acids is 2. The van der Waals surface area contributed by atoms with Crippen LogP contribution in [0.4, 0.5) is 5.82 Å². The quantitative estimate of drug-likeness (QED) is 0.816. The first-order valence-corrected chi connectivity index (χ1v) is 7.42. The number of likely N-dealkylation sites (N-methyl/N-ethyl adjacent to an activating group) is 1. The predicted octanol–water partition coefficient (Wildman–Crippen LogP) is -0.0554. The summed E-state index contributed by atoms with van der Waals surface area (Å²) >= 11 is 0. The van der Waals surface area contributed by atoms with Gasteiger partial charge in [0.25, 0.3) is 5.91 Å². The first-order valence-electron chi connectivity index (χ1n) is 7.42. The number of nitrogens with zero attached hydrogens (tertiary/aromatic N) is 3. The highest BCUT2D eigenvalue weighted by Crippen LogP contribution is 2.18. The van der Waals surface area contributed by atoms with Crippen LogP contribution in [0.15, 0.2) is 18.3 Å². The summed E-state index contributed by atoms with van der Waals surface area (Å²) in [6.07, 6.45) is 1.54. The third-order valence-electron chi connectivity index (χ3n) is 4.02. The molecule has 1 unspecified atom stereocenters. The molecule has 0 radical (unpaired) electrons. The SMILES string of the molecule is CNC(=O)C1CN(C(C)C)CCN1C(=O)c1cccnc1N. The van der Waals surface area contributed by atoms with Gasteiger partial charge < -0.3 is 16.0 Å². The summed E-state index contributed by atoms with van der Waals surface area (Å²) in [5.41, 5.74) is 6.13. The van der Waals surface area contributed by atoms with Crippen LogP contribution in [0.3, 0.4) is 0 Å². The van der Waals surface area contributed by atoms with Crippen molar-refractivity contribution in [1.29, 1.82) is 0 Å². The van der Waals surface area contributed by atoms with E-state index in [-0.39, 0.29) is 17.6 Å². The Kier molecular flexibility index (Phi) is 4.97. The van der Waals surface area contributed by atoms with Crippen LogP contribution in [0.25, 0.3) is 0 Å². The molecule has 7 heteroatoms. The molecule has 2 heterocycles. The minimum Gasteiger partial charge on any atom is -0.383 e. The van der Waals surface area contributed by atoms with E-state index in [1.807, 2.05) is 0 Å². The summed E-state index contributed by atoms with van der Waals surface area (Å²) in [5.74, 6) is -0.224. The number of rotatable bonds is 3. The third kappa shape index (κ3) is 3.19. The fourth-order valence-corrected chi connectivity index (χ4v) is 2.66. The number of nitrogen functional groups attached to an aromatic ring is 1. The summed E-state index contributed by atoms with van der Waals surface area (Å²) in [5, 5.41) is 2.64. The zero-order valence-electron chi connectivity index (χ0n) is 13.2. The highest BCUT2D eigenvalue weighted by molar-refractivity contribution is 6.00. The predicted molar refractivity (Wildman–Crippen MR) is 84.2 cm³/mol. The van der Waals surface area contributed by atoms with Crippen LogP contribution in [0.2, 0.25) is 0 Å². The van der Waals surface area contributed by atoms with Gasteiger partial charge >= 0.3 is 0 Å². The average molecular weight is 305 g/mol. The van der Waals surface area contributed by atoms with Crippen molar-refractivity contribution in [1.82, 2.24) is 20.1 Å². The number of nitrogens with two attached hydrogens (primary N) is 1. The molecule has 0 aliphatic carbocycles. The molecule has 1 aliphatic heterocycles. The van der Waals surface area contributed by atoms with Gasteiger partial charge in [-0.1, -0.05) is 0 Å². The largest absolute Gasteiger partial charge is 0.383 e. The standard InChI is InChI=1S/C15H23N5O2/c1-10(2)19-7-8-20(12(9-19)14(21)17-3)15(22)11-5-4-6-18-13(11)16/h4-6,10,12H,7-9H2,1-3H3,(H2,16,18)(H,17,21). The number of hydrogen-bond donors (Lipinski definition) is 2. The highest BCUT2D eigenvalue weighted by Gasteiger charge is 2.36. The number of carbonyl (C=O) groups is 2. The minimum absolute atomic E-state index is 0.166. The first-order chi connectivity index (χ1) is 10.5. The molecule has 3 N–H and O–H groups in total. The zero-order chi connectivity index (χ0) is 16.3. The molecule has 0 saturated carbocycles. The van der Waals surface area contributed by atoms with E-state index < -0.39 is 6.04 Å². The van der Waals surface area contributed by atoms with Gasteiger partial charge in [-0.3, -0.25) is 14.5 Å². The van der Waals surface area contributed by atoms with Gasteiger partial charge in [0.05, 0.1) is 5.56 Å². The van der Waals surface area contributed by atoms with Crippen LogP contribution in [0, 0.1) is 0 Å². The summed E-state index contributed by atoms with van der Waals surface area (Å²) in [4.78, 5) is 32.6. The van der Waals surface area contributed by atoms with Gasteiger partial charge in [0.15, 0.2) is 0 Å². The normalized spacial score (nSPS) is 19.3. The van der Waals surface area contributed by atoms with E-state index in [1.165, 1.54) is 0 Å². The number of aromatic nitrogens is 1. The van der Waals surface area contributed by atoms with Crippen LogP contribution in [0.5, 0.6) is 0 Å². The monoisotopic (exact) mass is 305 g/mol. The first kappa shape index (κ1) is 16.2. The Labute approximate surface area is 130 Å². The van der Waals surface area contributed by atoms with Crippen LogP contribution in [-0.4, -0.2) is 65.4 Å². The second-order valence-electron chi connectivity index (χ2n) is 5.65. The van der Waals surface area contributed by atoms with E-state index in [0.29, 0.717) is 24.7 Å².